The van der Waals surface area contributed by atoms with Gasteiger partial charge in [0.25, 0.3) is 5.91 Å². The summed E-state index contributed by atoms with van der Waals surface area (Å²) < 4.78 is 3.59. The second-order valence-corrected chi connectivity index (χ2v) is 11.2. The van der Waals surface area contributed by atoms with Gasteiger partial charge in [-0.15, -0.1) is 0 Å². The van der Waals surface area contributed by atoms with Gasteiger partial charge in [-0.3, -0.25) is 19.4 Å². The summed E-state index contributed by atoms with van der Waals surface area (Å²) in [6.45, 7) is 6.66. The van der Waals surface area contributed by atoms with Gasteiger partial charge >= 0.3 is 0 Å². The first-order chi connectivity index (χ1) is 21.5. The summed E-state index contributed by atoms with van der Waals surface area (Å²) in [6, 6.07) is 19.7. The second-order valence-electron chi connectivity index (χ2n) is 11.2. The van der Waals surface area contributed by atoms with Crippen LogP contribution in [0.1, 0.15) is 21.6 Å². The van der Waals surface area contributed by atoms with E-state index in [4.69, 9.17) is 4.98 Å². The number of carbonyl (C=O) groups is 1. The number of amides is 1. The van der Waals surface area contributed by atoms with Crippen molar-refractivity contribution in [3.05, 3.63) is 115 Å². The third-order valence-corrected chi connectivity index (χ3v) is 8.07. The molecule has 44 heavy (non-hydrogen) atoms. The third-order valence-electron chi connectivity index (χ3n) is 8.07. The average Bonchev–Trinajstić information content (AvgIpc) is 3.68. The summed E-state index contributed by atoms with van der Waals surface area (Å²) >= 11 is 0. The molecule has 10 nitrogen and oxygen atoms in total. The number of fused-ring (bicyclic) bond motifs is 1. The lowest BCUT2D eigenvalue weighted by molar-refractivity contribution is 0.102. The molecule has 1 aliphatic heterocycles. The summed E-state index contributed by atoms with van der Waals surface area (Å²) in [7, 11) is 1.90. The van der Waals surface area contributed by atoms with Crippen LogP contribution in [0, 0.1) is 6.92 Å². The van der Waals surface area contributed by atoms with E-state index in [9.17, 15) is 4.79 Å². The molecule has 0 spiro atoms. The topological polar surface area (TPSA) is 96.5 Å². The van der Waals surface area contributed by atoms with Crippen LogP contribution in [0.5, 0.6) is 0 Å². The molecule has 6 aromatic rings. The molecule has 0 radical (unpaired) electrons. The Bertz CT molecular complexity index is 1900. The van der Waals surface area contributed by atoms with Gasteiger partial charge in [-0.1, -0.05) is 24.3 Å². The van der Waals surface area contributed by atoms with Gasteiger partial charge in [0.15, 0.2) is 0 Å². The highest BCUT2D eigenvalue weighted by Crippen LogP contribution is 2.34. The van der Waals surface area contributed by atoms with Gasteiger partial charge in [-0.25, -0.2) is 9.50 Å². The monoisotopic (exact) mass is 583 g/mol. The molecule has 0 aliphatic carbocycles. The molecular weight excluding hydrogens is 550 g/mol. The Labute approximate surface area is 255 Å². The number of nitrogens with one attached hydrogen (secondary N) is 1. The molecule has 1 aliphatic rings. The fraction of sp³-hybridized carbons (Fsp3) is 0.206. The number of anilines is 2. The quantitative estimate of drug-likeness (QED) is 0.280. The number of benzene rings is 1. The number of rotatable bonds is 7. The zero-order valence-corrected chi connectivity index (χ0v) is 24.8. The molecule has 0 atom stereocenters. The van der Waals surface area contributed by atoms with Crippen LogP contribution >= 0.6 is 0 Å². The van der Waals surface area contributed by atoms with Gasteiger partial charge in [0, 0.05) is 98.1 Å². The smallest absolute Gasteiger partial charge is 0.255 e. The highest BCUT2D eigenvalue weighted by Gasteiger charge is 2.20. The maximum Gasteiger partial charge on any atom is 0.255 e. The number of carbonyl (C=O) groups excluding carboxylic acids is 1. The van der Waals surface area contributed by atoms with Crippen molar-refractivity contribution in [1.29, 1.82) is 0 Å². The average molecular weight is 584 g/mol. The molecule has 1 aromatic carbocycles. The third kappa shape index (κ3) is 5.67. The summed E-state index contributed by atoms with van der Waals surface area (Å²) in [4.78, 5) is 27.2. The van der Waals surface area contributed by atoms with Crippen molar-refractivity contribution in [2.75, 3.05) is 36.4 Å². The normalized spacial score (nSPS) is 13.8. The lowest BCUT2D eigenvalue weighted by Gasteiger charge is -2.35. The minimum atomic E-state index is -0.186. The van der Waals surface area contributed by atoms with Crippen LogP contribution < -0.4 is 10.2 Å². The molecule has 6 heterocycles. The van der Waals surface area contributed by atoms with Gasteiger partial charge < -0.3 is 10.2 Å². The molecule has 1 amide bonds. The zero-order valence-electron chi connectivity index (χ0n) is 24.8. The number of aromatic nitrogens is 6. The lowest BCUT2D eigenvalue weighted by atomic mass is 10.0. The van der Waals surface area contributed by atoms with E-state index in [0.29, 0.717) is 11.3 Å². The SMILES string of the molecule is Cc1ccc(CN2CCN(c3ccc(-c4cc(-c5cnn(C)c5)cn5ncc(NC(=O)c6ccccc6)c45)cn3)CC2)cn1. The van der Waals surface area contributed by atoms with Gasteiger partial charge in [0.05, 0.1) is 23.6 Å². The first-order valence-corrected chi connectivity index (χ1v) is 14.7. The van der Waals surface area contributed by atoms with Gasteiger partial charge in [-0.05, 0) is 48.9 Å². The van der Waals surface area contributed by atoms with Gasteiger partial charge in [0.1, 0.15) is 5.82 Å². The molecule has 220 valence electrons. The van der Waals surface area contributed by atoms with Crippen molar-refractivity contribution in [2.24, 2.45) is 7.05 Å². The molecule has 1 fully saturated rings. The number of hydrogen-bond donors (Lipinski definition) is 1. The first kappa shape index (κ1) is 27.5. The van der Waals surface area contributed by atoms with Crippen LogP contribution in [0.25, 0.3) is 27.8 Å². The summed E-state index contributed by atoms with van der Waals surface area (Å²) in [5.74, 6) is 0.769. The van der Waals surface area contributed by atoms with E-state index in [0.717, 1.165) is 72.0 Å². The number of piperazine rings is 1. The van der Waals surface area contributed by atoms with E-state index in [1.165, 1.54) is 5.56 Å². The molecule has 5 aromatic heterocycles. The Morgan fingerprint density at radius 3 is 2.36 bits per heavy atom. The van der Waals surface area contributed by atoms with Gasteiger partial charge in [0.2, 0.25) is 0 Å². The standard InChI is InChI=1S/C34H33N9O/c1-24-8-9-25(17-35-24)21-41-12-14-42(15-13-41)32-11-10-27(18-36-32)30-16-28(29-19-37-40(2)22-29)23-43-33(30)31(20-38-43)39-34(44)26-6-4-3-5-7-26/h3-11,16-20,22-23H,12-15,21H2,1-2H3,(H,39,44). The Morgan fingerprint density at radius 2 is 1.66 bits per heavy atom. The number of aryl methyl sites for hydroxylation is 2. The maximum absolute atomic E-state index is 13.1. The largest absolute Gasteiger partial charge is 0.354 e. The van der Waals surface area contributed by atoms with E-state index in [1.807, 2.05) is 67.7 Å². The highest BCUT2D eigenvalue weighted by atomic mass is 16.1. The summed E-state index contributed by atoms with van der Waals surface area (Å²) in [6.07, 6.45) is 11.4. The maximum atomic E-state index is 13.1. The van der Waals surface area contributed by atoms with Crippen molar-refractivity contribution >= 4 is 22.9 Å². The Kier molecular flexibility index (Phi) is 7.33. The van der Waals surface area contributed by atoms with Crippen LogP contribution in [0.3, 0.4) is 0 Å². The van der Waals surface area contributed by atoms with Gasteiger partial charge in [-0.2, -0.15) is 10.2 Å². The van der Waals surface area contributed by atoms with E-state index in [-0.39, 0.29) is 5.91 Å². The molecule has 0 bridgehead atoms. The highest BCUT2D eigenvalue weighted by molar-refractivity contribution is 6.08. The molecule has 1 N–H and O–H groups in total. The van der Waals surface area contributed by atoms with E-state index >= 15 is 0 Å². The van der Waals surface area contributed by atoms with Crippen LogP contribution in [-0.2, 0) is 13.6 Å². The van der Waals surface area contributed by atoms with E-state index < -0.39 is 0 Å². The van der Waals surface area contributed by atoms with Crippen molar-refractivity contribution in [3.8, 4) is 22.3 Å². The van der Waals surface area contributed by atoms with E-state index in [1.54, 1.807) is 23.0 Å². The minimum absolute atomic E-state index is 0.186. The predicted molar refractivity (Wildman–Crippen MR) is 171 cm³/mol. The molecule has 1 saturated heterocycles. The van der Waals surface area contributed by atoms with Crippen LogP contribution in [-0.4, -0.2) is 66.3 Å². The lowest BCUT2D eigenvalue weighted by Crippen LogP contribution is -2.46. The Morgan fingerprint density at radius 1 is 0.818 bits per heavy atom. The number of hydrogen-bond acceptors (Lipinski definition) is 7. The summed E-state index contributed by atoms with van der Waals surface area (Å²) in [5.41, 5.74) is 8.10. The van der Waals surface area contributed by atoms with Crippen LogP contribution in [0.4, 0.5) is 11.5 Å². The number of nitrogens with zero attached hydrogens (tertiary/aromatic N) is 8. The van der Waals surface area contributed by atoms with Crippen LogP contribution in [0.2, 0.25) is 0 Å². The fourth-order valence-electron chi connectivity index (χ4n) is 5.66. The molecule has 0 saturated carbocycles. The molecule has 10 heteroatoms. The van der Waals surface area contributed by atoms with Crippen molar-refractivity contribution in [1.82, 2.24) is 34.3 Å². The van der Waals surface area contributed by atoms with Crippen molar-refractivity contribution in [3.63, 3.8) is 0 Å². The molecule has 0 unspecified atom stereocenters. The Hall–Kier alpha value is -5.35. The number of pyridine rings is 3. The predicted octanol–water partition coefficient (Wildman–Crippen LogP) is 5.07. The molecule has 7 rings (SSSR count). The Balaban J connectivity index is 1.15. The first-order valence-electron chi connectivity index (χ1n) is 14.7. The van der Waals surface area contributed by atoms with Crippen molar-refractivity contribution in [2.45, 2.75) is 13.5 Å². The fourth-order valence-corrected chi connectivity index (χ4v) is 5.66. The zero-order chi connectivity index (χ0) is 30.0. The minimum Gasteiger partial charge on any atom is -0.354 e. The molecular formula is C34H33N9O. The van der Waals surface area contributed by atoms with Crippen molar-refractivity contribution < 1.29 is 4.79 Å². The van der Waals surface area contributed by atoms with E-state index in [2.05, 4.69) is 60.6 Å². The summed E-state index contributed by atoms with van der Waals surface area (Å²) in [5, 5.41) is 12.0. The second kappa shape index (κ2) is 11.7. The van der Waals surface area contributed by atoms with Crippen LogP contribution in [0.15, 0.2) is 97.8 Å².